The molecule has 9 heteroatoms. The highest BCUT2D eigenvalue weighted by Crippen LogP contribution is 2.16. The van der Waals surface area contributed by atoms with E-state index in [1.807, 2.05) is 21.1 Å². The van der Waals surface area contributed by atoms with Crippen molar-refractivity contribution in [2.45, 2.75) is 270 Å². The lowest BCUT2D eigenvalue weighted by molar-refractivity contribution is -0.870. The van der Waals surface area contributed by atoms with E-state index in [-0.39, 0.29) is 38.6 Å². The topological polar surface area (TPSA) is 111 Å². The van der Waals surface area contributed by atoms with E-state index >= 15 is 0 Å². The average molecular weight is 1100 g/mol. The minimum Gasteiger partial charge on any atom is -0.545 e. The maximum Gasteiger partial charge on any atom is 0.306 e. The first-order chi connectivity index (χ1) is 38.6. The molecule has 0 rings (SSSR count). The van der Waals surface area contributed by atoms with E-state index < -0.39 is 24.3 Å². The van der Waals surface area contributed by atoms with Crippen molar-refractivity contribution in [3.63, 3.8) is 0 Å². The summed E-state index contributed by atoms with van der Waals surface area (Å²) in [5.74, 6) is -2.29. The molecule has 0 amide bonds. The SMILES string of the molecule is CC/C=C\C/C=C\C/C=C\C/C=C\C/C=C\C/C=C\C/C=C\CCCCCCCCCCCCCCCCCC(=O)OC(COC(=O)CCCCCCCCC/C=C\C/C=C\CCCCC)COC(OCC[N+](C)(C)C)C(=O)[O-]. The zero-order valence-electron chi connectivity index (χ0n) is 51.5. The normalized spacial score (nSPS) is 13.5. The average Bonchev–Trinajstić information content (AvgIpc) is 3.42. The predicted molar refractivity (Wildman–Crippen MR) is 333 cm³/mol. The van der Waals surface area contributed by atoms with Crippen molar-refractivity contribution in [2.75, 3.05) is 47.5 Å². The summed E-state index contributed by atoms with van der Waals surface area (Å²) < 4.78 is 22.7. The number of aliphatic carboxylic acids is 1. The highest BCUT2D eigenvalue weighted by Gasteiger charge is 2.22. The van der Waals surface area contributed by atoms with Crippen LogP contribution in [0.15, 0.2) is 109 Å². The van der Waals surface area contributed by atoms with Gasteiger partial charge in [0.1, 0.15) is 13.2 Å². The second-order valence-electron chi connectivity index (χ2n) is 22.3. The Morgan fingerprint density at radius 3 is 1.08 bits per heavy atom. The number of rotatable bonds is 58. The summed E-state index contributed by atoms with van der Waals surface area (Å²) in [5, 5.41) is 11.8. The van der Waals surface area contributed by atoms with Gasteiger partial charge in [0.2, 0.25) is 0 Å². The van der Waals surface area contributed by atoms with E-state index in [2.05, 4.69) is 123 Å². The van der Waals surface area contributed by atoms with Crippen LogP contribution in [-0.2, 0) is 33.3 Å². The van der Waals surface area contributed by atoms with Gasteiger partial charge in [0, 0.05) is 12.8 Å². The first-order valence-corrected chi connectivity index (χ1v) is 32.0. The van der Waals surface area contributed by atoms with Crippen molar-refractivity contribution in [3.8, 4) is 0 Å². The Balaban J connectivity index is 4.11. The van der Waals surface area contributed by atoms with Crippen molar-refractivity contribution in [1.82, 2.24) is 0 Å². The van der Waals surface area contributed by atoms with Crippen LogP contribution >= 0.6 is 0 Å². The number of allylic oxidation sites excluding steroid dienone is 18. The summed E-state index contributed by atoms with van der Waals surface area (Å²) in [6.07, 6.45) is 80.1. The standard InChI is InChI=1S/C70H119NO8/c1-6-8-10-12-14-16-18-20-22-24-25-26-27-28-29-30-31-32-33-34-35-36-37-38-39-40-41-42-43-45-47-49-51-53-55-57-59-61-68(73)79-66(65-78-70(69(74)75)76-63-62-71(3,4)5)64-77-67(72)60-58-56-54-52-50-48-46-44-23-21-19-17-15-13-11-9-7-2/h8,10,14-17,20-23,25-26,28-29,31-32,34-35,66,70H,6-7,9,11-13,18-19,24,27,30,33,36-65H2,1-5H3/b10-8-,16-14-,17-15-,22-20-,23-21-,26-25-,29-28-,32-31-,35-34-. The number of esters is 2. The van der Waals surface area contributed by atoms with Gasteiger partial charge in [-0.15, -0.1) is 0 Å². The van der Waals surface area contributed by atoms with Crippen LogP contribution in [0.1, 0.15) is 258 Å². The molecule has 452 valence electrons. The quantitative estimate of drug-likeness (QED) is 0.0195. The molecule has 0 radical (unpaired) electrons. The van der Waals surface area contributed by atoms with E-state index in [4.69, 9.17) is 18.9 Å². The number of carboxylic acids is 1. The third-order valence-corrected chi connectivity index (χ3v) is 13.5. The van der Waals surface area contributed by atoms with Crippen LogP contribution in [0, 0.1) is 0 Å². The lowest BCUT2D eigenvalue weighted by atomic mass is 10.0. The number of hydrogen-bond donors (Lipinski definition) is 0. The number of ether oxygens (including phenoxy) is 4. The molecule has 0 aromatic heterocycles. The zero-order valence-corrected chi connectivity index (χ0v) is 51.5. The van der Waals surface area contributed by atoms with Crippen LogP contribution in [0.5, 0.6) is 0 Å². The Hall–Kier alpha value is -4.05. The zero-order chi connectivity index (χ0) is 57.6. The van der Waals surface area contributed by atoms with E-state index in [0.29, 0.717) is 17.4 Å². The smallest absolute Gasteiger partial charge is 0.306 e. The van der Waals surface area contributed by atoms with Crippen molar-refractivity contribution < 1.29 is 42.9 Å². The molecule has 2 unspecified atom stereocenters. The number of unbranched alkanes of at least 4 members (excludes halogenated alkanes) is 25. The molecule has 0 saturated heterocycles. The van der Waals surface area contributed by atoms with Gasteiger partial charge in [0.25, 0.3) is 0 Å². The highest BCUT2D eigenvalue weighted by molar-refractivity contribution is 5.70. The summed E-state index contributed by atoms with van der Waals surface area (Å²) in [5.41, 5.74) is 0. The highest BCUT2D eigenvalue weighted by atomic mass is 16.7. The van der Waals surface area contributed by atoms with Gasteiger partial charge in [-0.2, -0.15) is 0 Å². The fraction of sp³-hybridized carbons (Fsp3) is 0.700. The Kier molecular flexibility index (Phi) is 57.0. The molecular formula is C70H119NO8. The van der Waals surface area contributed by atoms with Crippen molar-refractivity contribution in [2.24, 2.45) is 0 Å². The fourth-order valence-electron chi connectivity index (χ4n) is 8.61. The van der Waals surface area contributed by atoms with Crippen LogP contribution in [0.4, 0.5) is 0 Å². The lowest BCUT2D eigenvalue weighted by Crippen LogP contribution is -2.44. The fourth-order valence-corrected chi connectivity index (χ4v) is 8.61. The van der Waals surface area contributed by atoms with E-state index in [1.165, 1.54) is 122 Å². The summed E-state index contributed by atoms with van der Waals surface area (Å²) in [6.45, 7) is 4.60. The van der Waals surface area contributed by atoms with Crippen LogP contribution < -0.4 is 5.11 Å². The van der Waals surface area contributed by atoms with E-state index in [0.717, 1.165) is 103 Å². The molecule has 0 fully saturated rings. The van der Waals surface area contributed by atoms with Crippen LogP contribution in [0.2, 0.25) is 0 Å². The Bertz CT molecular complexity index is 1660. The lowest BCUT2D eigenvalue weighted by Gasteiger charge is -2.26. The third-order valence-electron chi connectivity index (χ3n) is 13.5. The predicted octanol–water partition coefficient (Wildman–Crippen LogP) is 18.1. The summed E-state index contributed by atoms with van der Waals surface area (Å²) >= 11 is 0. The number of quaternary nitrogens is 1. The molecule has 0 spiro atoms. The molecule has 0 saturated carbocycles. The van der Waals surface area contributed by atoms with Crippen molar-refractivity contribution in [1.29, 1.82) is 0 Å². The Labute approximate surface area is 485 Å². The summed E-state index contributed by atoms with van der Waals surface area (Å²) in [7, 11) is 5.92. The molecule has 0 aromatic carbocycles. The van der Waals surface area contributed by atoms with E-state index in [1.54, 1.807) is 0 Å². The molecule has 9 nitrogen and oxygen atoms in total. The molecule has 0 bridgehead atoms. The minimum atomic E-state index is -1.63. The minimum absolute atomic E-state index is 0.143. The molecule has 79 heavy (non-hydrogen) atoms. The summed E-state index contributed by atoms with van der Waals surface area (Å²) in [6, 6.07) is 0. The monoisotopic (exact) mass is 1100 g/mol. The van der Waals surface area contributed by atoms with Crippen molar-refractivity contribution in [3.05, 3.63) is 109 Å². The number of likely N-dealkylation sites (N-methyl/N-ethyl adjacent to an activating group) is 1. The second kappa shape index (κ2) is 60.1. The first kappa shape index (κ1) is 75.0. The van der Waals surface area contributed by atoms with Gasteiger partial charge < -0.3 is 33.3 Å². The largest absolute Gasteiger partial charge is 0.545 e. The molecular weight excluding hydrogens is 983 g/mol. The summed E-state index contributed by atoms with van der Waals surface area (Å²) in [4.78, 5) is 37.3. The van der Waals surface area contributed by atoms with Crippen molar-refractivity contribution >= 4 is 17.9 Å². The number of nitrogens with zero attached hydrogens (tertiary/aromatic N) is 1. The van der Waals surface area contributed by atoms with Gasteiger partial charge in [-0.3, -0.25) is 9.59 Å². The maximum atomic E-state index is 12.9. The molecule has 0 N–H and O–H groups in total. The molecule has 0 aliphatic rings. The van der Waals surface area contributed by atoms with Crippen LogP contribution in [0.3, 0.4) is 0 Å². The van der Waals surface area contributed by atoms with E-state index in [9.17, 15) is 19.5 Å². The van der Waals surface area contributed by atoms with Gasteiger partial charge in [-0.05, 0) is 103 Å². The van der Waals surface area contributed by atoms with Gasteiger partial charge in [0.15, 0.2) is 12.4 Å². The number of carbonyl (C=O) groups excluding carboxylic acids is 3. The third kappa shape index (κ3) is 61.4. The Morgan fingerprint density at radius 1 is 0.392 bits per heavy atom. The number of hydrogen-bond acceptors (Lipinski definition) is 8. The molecule has 0 aliphatic carbocycles. The van der Waals surface area contributed by atoms with Crippen LogP contribution in [0.25, 0.3) is 0 Å². The number of carboxylic acid groups (broad SMARTS) is 1. The maximum absolute atomic E-state index is 12.9. The van der Waals surface area contributed by atoms with Gasteiger partial charge in [0.05, 0.1) is 40.3 Å². The number of carbonyl (C=O) groups is 3. The molecule has 2 atom stereocenters. The van der Waals surface area contributed by atoms with Crippen LogP contribution in [-0.4, -0.2) is 82.3 Å². The van der Waals surface area contributed by atoms with Gasteiger partial charge in [-0.25, -0.2) is 0 Å². The Morgan fingerprint density at radius 2 is 0.722 bits per heavy atom. The molecule has 0 aliphatic heterocycles. The molecule has 0 heterocycles. The van der Waals surface area contributed by atoms with Gasteiger partial charge in [-0.1, -0.05) is 252 Å². The second-order valence-corrected chi connectivity index (χ2v) is 22.3. The van der Waals surface area contributed by atoms with Gasteiger partial charge >= 0.3 is 11.9 Å². The first-order valence-electron chi connectivity index (χ1n) is 32.0. The molecule has 0 aromatic rings.